The normalized spacial score (nSPS) is 18.1. The van der Waals surface area contributed by atoms with Gasteiger partial charge in [-0.2, -0.15) is 4.37 Å². The average molecular weight is 226 g/mol. The van der Waals surface area contributed by atoms with Gasteiger partial charge in [-0.25, -0.2) is 4.98 Å². The van der Waals surface area contributed by atoms with Gasteiger partial charge in [-0.1, -0.05) is 13.8 Å². The topological polar surface area (TPSA) is 63.8 Å². The fourth-order valence-corrected chi connectivity index (χ4v) is 2.15. The zero-order chi connectivity index (χ0) is 10.8. The third-order valence-electron chi connectivity index (χ3n) is 2.67. The number of nitrogens with zero attached hydrogens (tertiary/aromatic N) is 2. The van der Waals surface area contributed by atoms with Gasteiger partial charge in [0.15, 0.2) is 0 Å². The fraction of sp³-hybridized carbons (Fsp3) is 0.800. The summed E-state index contributed by atoms with van der Waals surface area (Å²) in [6, 6.07) is 0.274. The largest absolute Gasteiger partial charge is 0.359 e. The second-order valence-electron chi connectivity index (χ2n) is 4.49. The summed E-state index contributed by atoms with van der Waals surface area (Å²) in [7, 11) is 0. The SMILES string of the molecule is CC(C)c1nsc(NCC(N)C2CC2)n1. The molecule has 1 fully saturated rings. The van der Waals surface area contributed by atoms with Crippen LogP contribution in [0.25, 0.3) is 0 Å². The second kappa shape index (κ2) is 4.45. The lowest BCUT2D eigenvalue weighted by molar-refractivity contribution is 0.620. The zero-order valence-electron chi connectivity index (χ0n) is 9.23. The van der Waals surface area contributed by atoms with Crippen molar-refractivity contribution in [2.24, 2.45) is 11.7 Å². The Bertz CT molecular complexity index is 319. The van der Waals surface area contributed by atoms with Crippen LogP contribution in [-0.4, -0.2) is 21.9 Å². The minimum atomic E-state index is 0.274. The molecule has 1 aromatic rings. The van der Waals surface area contributed by atoms with Gasteiger partial charge in [-0.05, 0) is 18.8 Å². The summed E-state index contributed by atoms with van der Waals surface area (Å²) < 4.78 is 4.28. The number of anilines is 1. The monoisotopic (exact) mass is 226 g/mol. The molecule has 2 rings (SSSR count). The van der Waals surface area contributed by atoms with E-state index < -0.39 is 0 Å². The van der Waals surface area contributed by atoms with E-state index in [4.69, 9.17) is 5.73 Å². The van der Waals surface area contributed by atoms with Gasteiger partial charge in [0.2, 0.25) is 5.13 Å². The van der Waals surface area contributed by atoms with Gasteiger partial charge >= 0.3 is 0 Å². The standard InChI is InChI=1S/C10H18N4S/c1-6(2)9-13-10(15-14-9)12-5-8(11)7-3-4-7/h6-8H,3-5,11H2,1-2H3,(H,12,13,14). The van der Waals surface area contributed by atoms with Crippen LogP contribution in [0.1, 0.15) is 38.4 Å². The molecule has 1 atom stereocenters. The number of aromatic nitrogens is 2. The van der Waals surface area contributed by atoms with Crippen LogP contribution in [-0.2, 0) is 0 Å². The van der Waals surface area contributed by atoms with Gasteiger partial charge in [0.25, 0.3) is 0 Å². The minimum absolute atomic E-state index is 0.274. The van der Waals surface area contributed by atoms with E-state index >= 15 is 0 Å². The number of nitrogens with two attached hydrogens (primary N) is 1. The molecule has 0 spiro atoms. The Hall–Kier alpha value is -0.680. The first-order valence-corrected chi connectivity index (χ1v) is 6.27. The highest BCUT2D eigenvalue weighted by Gasteiger charge is 2.28. The van der Waals surface area contributed by atoms with Gasteiger partial charge in [-0.15, -0.1) is 0 Å². The third kappa shape index (κ3) is 2.89. The minimum Gasteiger partial charge on any atom is -0.359 e. The van der Waals surface area contributed by atoms with Gasteiger partial charge in [0, 0.05) is 30.0 Å². The third-order valence-corrected chi connectivity index (χ3v) is 3.36. The van der Waals surface area contributed by atoms with E-state index in [0.717, 1.165) is 23.4 Å². The summed E-state index contributed by atoms with van der Waals surface area (Å²) >= 11 is 1.42. The lowest BCUT2D eigenvalue weighted by Gasteiger charge is -2.09. The van der Waals surface area contributed by atoms with Crippen molar-refractivity contribution < 1.29 is 0 Å². The van der Waals surface area contributed by atoms with Crippen molar-refractivity contribution in [2.45, 2.75) is 38.6 Å². The van der Waals surface area contributed by atoms with E-state index in [0.29, 0.717) is 5.92 Å². The highest BCUT2D eigenvalue weighted by molar-refractivity contribution is 7.09. The van der Waals surface area contributed by atoms with Crippen LogP contribution in [0.4, 0.5) is 5.13 Å². The molecule has 1 saturated carbocycles. The molecule has 1 aromatic heterocycles. The van der Waals surface area contributed by atoms with Crippen LogP contribution in [0, 0.1) is 5.92 Å². The van der Waals surface area contributed by atoms with Gasteiger partial charge < -0.3 is 11.1 Å². The van der Waals surface area contributed by atoms with Crippen molar-refractivity contribution >= 4 is 16.7 Å². The van der Waals surface area contributed by atoms with Crippen molar-refractivity contribution in [3.63, 3.8) is 0 Å². The number of nitrogens with one attached hydrogen (secondary N) is 1. The molecule has 5 heteroatoms. The second-order valence-corrected chi connectivity index (χ2v) is 5.25. The first-order chi connectivity index (χ1) is 7.16. The summed E-state index contributed by atoms with van der Waals surface area (Å²) in [5, 5.41) is 4.16. The van der Waals surface area contributed by atoms with Crippen LogP contribution in [0.2, 0.25) is 0 Å². The average Bonchev–Trinajstić information content (AvgIpc) is 2.93. The maximum atomic E-state index is 5.99. The Kier molecular flexibility index (Phi) is 3.21. The molecule has 1 aliphatic rings. The summed E-state index contributed by atoms with van der Waals surface area (Å²) in [5.74, 6) is 2.05. The van der Waals surface area contributed by atoms with Crippen LogP contribution in [0.15, 0.2) is 0 Å². The van der Waals surface area contributed by atoms with E-state index in [1.807, 2.05) is 0 Å². The first kappa shape index (κ1) is 10.8. The Morgan fingerprint density at radius 3 is 2.80 bits per heavy atom. The van der Waals surface area contributed by atoms with Crippen molar-refractivity contribution in [3.8, 4) is 0 Å². The smallest absolute Gasteiger partial charge is 0.202 e. The molecule has 1 heterocycles. The van der Waals surface area contributed by atoms with Crippen LogP contribution < -0.4 is 11.1 Å². The lowest BCUT2D eigenvalue weighted by atomic mass is 10.2. The number of hydrogen-bond donors (Lipinski definition) is 2. The molecule has 1 aliphatic carbocycles. The van der Waals surface area contributed by atoms with E-state index in [1.165, 1.54) is 24.4 Å². The molecular formula is C10H18N4S. The summed E-state index contributed by atoms with van der Waals surface area (Å²) in [6.45, 7) is 5.01. The quantitative estimate of drug-likeness (QED) is 0.803. The predicted octanol–water partition coefficient (Wildman–Crippen LogP) is 1.81. The molecule has 4 nitrogen and oxygen atoms in total. The number of rotatable bonds is 5. The van der Waals surface area contributed by atoms with E-state index in [-0.39, 0.29) is 6.04 Å². The maximum absolute atomic E-state index is 5.99. The van der Waals surface area contributed by atoms with E-state index in [2.05, 4.69) is 28.5 Å². The zero-order valence-corrected chi connectivity index (χ0v) is 10.0. The molecular weight excluding hydrogens is 208 g/mol. The van der Waals surface area contributed by atoms with Crippen molar-refractivity contribution in [2.75, 3.05) is 11.9 Å². The van der Waals surface area contributed by atoms with Crippen molar-refractivity contribution in [1.82, 2.24) is 9.36 Å². The first-order valence-electron chi connectivity index (χ1n) is 5.50. The van der Waals surface area contributed by atoms with Gasteiger partial charge in [-0.3, -0.25) is 0 Å². The Morgan fingerprint density at radius 2 is 2.27 bits per heavy atom. The Balaban J connectivity index is 1.82. The number of hydrogen-bond acceptors (Lipinski definition) is 5. The highest BCUT2D eigenvalue weighted by atomic mass is 32.1. The highest BCUT2D eigenvalue weighted by Crippen LogP contribution is 2.31. The van der Waals surface area contributed by atoms with Crippen molar-refractivity contribution in [1.29, 1.82) is 0 Å². The molecule has 84 valence electrons. The van der Waals surface area contributed by atoms with Crippen LogP contribution in [0.5, 0.6) is 0 Å². The predicted molar refractivity (Wildman–Crippen MR) is 63.2 cm³/mol. The molecule has 0 saturated heterocycles. The summed E-state index contributed by atoms with van der Waals surface area (Å²) in [5.41, 5.74) is 5.99. The van der Waals surface area contributed by atoms with Crippen LogP contribution >= 0.6 is 11.5 Å². The Morgan fingerprint density at radius 1 is 1.53 bits per heavy atom. The fourth-order valence-electron chi connectivity index (χ4n) is 1.44. The van der Waals surface area contributed by atoms with E-state index in [9.17, 15) is 0 Å². The summed E-state index contributed by atoms with van der Waals surface area (Å²) in [4.78, 5) is 4.40. The molecule has 0 aromatic carbocycles. The van der Waals surface area contributed by atoms with E-state index in [1.54, 1.807) is 0 Å². The van der Waals surface area contributed by atoms with Crippen LogP contribution in [0.3, 0.4) is 0 Å². The maximum Gasteiger partial charge on any atom is 0.202 e. The molecule has 0 radical (unpaired) electrons. The molecule has 0 aliphatic heterocycles. The molecule has 3 N–H and O–H groups in total. The molecule has 0 bridgehead atoms. The van der Waals surface area contributed by atoms with Gasteiger partial charge in [0.1, 0.15) is 5.82 Å². The lowest BCUT2D eigenvalue weighted by Crippen LogP contribution is -2.30. The molecule has 1 unspecified atom stereocenters. The van der Waals surface area contributed by atoms with Gasteiger partial charge in [0.05, 0.1) is 0 Å². The van der Waals surface area contributed by atoms with Crippen molar-refractivity contribution in [3.05, 3.63) is 5.82 Å². The summed E-state index contributed by atoms with van der Waals surface area (Å²) in [6.07, 6.45) is 2.58. The Labute approximate surface area is 94.5 Å². The molecule has 15 heavy (non-hydrogen) atoms. The molecule has 0 amide bonds.